The van der Waals surface area contributed by atoms with Crippen LogP contribution in [0.5, 0.6) is 0 Å². The van der Waals surface area contributed by atoms with Crippen molar-refractivity contribution in [1.29, 1.82) is 0 Å². The molecule has 2 nitrogen and oxygen atoms in total. The van der Waals surface area contributed by atoms with E-state index in [4.69, 9.17) is 9.97 Å². The maximum atomic E-state index is 5.16. The van der Waals surface area contributed by atoms with Gasteiger partial charge in [-0.3, -0.25) is 0 Å². The van der Waals surface area contributed by atoms with E-state index in [0.717, 1.165) is 22.8 Å². The van der Waals surface area contributed by atoms with Crippen molar-refractivity contribution in [2.24, 2.45) is 0 Å². The molecule has 1 aromatic heterocycles. The van der Waals surface area contributed by atoms with Crippen LogP contribution < -0.4 is 0 Å². The summed E-state index contributed by atoms with van der Waals surface area (Å²) in [4.78, 5) is 10.3. The molecular formula is C30H26N2. The molecule has 0 saturated carbocycles. The van der Waals surface area contributed by atoms with Crippen molar-refractivity contribution in [3.63, 3.8) is 0 Å². The van der Waals surface area contributed by atoms with Gasteiger partial charge in [-0.05, 0) is 45.3 Å². The van der Waals surface area contributed by atoms with Crippen LogP contribution in [0, 0.1) is 0 Å². The van der Waals surface area contributed by atoms with Crippen LogP contribution >= 0.6 is 0 Å². The Morgan fingerprint density at radius 1 is 0.656 bits per heavy atom. The van der Waals surface area contributed by atoms with Gasteiger partial charge >= 0.3 is 0 Å². The highest BCUT2D eigenvalue weighted by molar-refractivity contribution is 5.95. The average Bonchev–Trinajstić information content (AvgIpc) is 3.03. The Balaban J connectivity index is 1.69. The summed E-state index contributed by atoms with van der Waals surface area (Å²) in [5, 5.41) is 5.02. The van der Waals surface area contributed by atoms with E-state index in [0.29, 0.717) is 0 Å². The fourth-order valence-corrected chi connectivity index (χ4v) is 5.16. The van der Waals surface area contributed by atoms with Crippen molar-refractivity contribution in [2.45, 2.75) is 39.0 Å². The van der Waals surface area contributed by atoms with Crippen molar-refractivity contribution < 1.29 is 0 Å². The number of rotatable bonds is 2. The zero-order valence-electron chi connectivity index (χ0n) is 19.0. The number of hydrogen-bond acceptors (Lipinski definition) is 2. The molecule has 6 rings (SSSR count). The second kappa shape index (κ2) is 6.74. The van der Waals surface area contributed by atoms with Gasteiger partial charge in [0.2, 0.25) is 0 Å². The molecule has 2 heteroatoms. The summed E-state index contributed by atoms with van der Waals surface area (Å²) in [6.45, 7) is 8.98. The summed E-state index contributed by atoms with van der Waals surface area (Å²) >= 11 is 0. The Kier molecular flexibility index (Phi) is 4.04. The minimum Gasteiger partial charge on any atom is -0.232 e. The molecule has 1 aliphatic carbocycles. The fourth-order valence-electron chi connectivity index (χ4n) is 5.16. The normalized spacial score (nSPS) is 14.2. The molecule has 0 bridgehead atoms. The van der Waals surface area contributed by atoms with Gasteiger partial charge in [-0.1, -0.05) is 88.4 Å². The molecule has 0 amide bonds. The van der Waals surface area contributed by atoms with Crippen molar-refractivity contribution in [3.8, 4) is 22.5 Å². The van der Waals surface area contributed by atoms with Crippen LogP contribution in [0.25, 0.3) is 44.1 Å². The molecule has 1 heterocycles. The Labute approximate surface area is 189 Å². The van der Waals surface area contributed by atoms with Gasteiger partial charge < -0.3 is 0 Å². The van der Waals surface area contributed by atoms with Gasteiger partial charge in [0, 0.05) is 28.0 Å². The summed E-state index contributed by atoms with van der Waals surface area (Å²) in [6.07, 6.45) is 0. The molecule has 0 spiro atoms. The van der Waals surface area contributed by atoms with E-state index in [2.05, 4.69) is 107 Å². The first kappa shape index (κ1) is 19.2. The Hall–Kier alpha value is -3.52. The van der Waals surface area contributed by atoms with Crippen LogP contribution in [-0.4, -0.2) is 9.97 Å². The molecule has 0 radical (unpaired) electrons. The molecule has 4 aromatic carbocycles. The number of fused-ring (bicyclic) bond motifs is 5. The number of benzene rings is 4. The van der Waals surface area contributed by atoms with Crippen molar-refractivity contribution in [3.05, 3.63) is 95.8 Å². The molecule has 0 N–H and O–H groups in total. The molecule has 1 aliphatic rings. The lowest BCUT2D eigenvalue weighted by atomic mass is 9.80. The molecular weight excluding hydrogens is 388 g/mol. The van der Waals surface area contributed by atoms with E-state index in [9.17, 15) is 0 Å². The monoisotopic (exact) mass is 414 g/mol. The lowest BCUT2D eigenvalue weighted by Crippen LogP contribution is -2.18. The summed E-state index contributed by atoms with van der Waals surface area (Å²) in [7, 11) is 0. The van der Waals surface area contributed by atoms with E-state index in [1.165, 1.54) is 38.2 Å². The molecule has 0 unspecified atom stereocenters. The van der Waals surface area contributed by atoms with Gasteiger partial charge in [0.05, 0.1) is 11.4 Å². The Morgan fingerprint density at radius 2 is 1.25 bits per heavy atom. The molecule has 0 fully saturated rings. The van der Waals surface area contributed by atoms with Gasteiger partial charge in [0.15, 0.2) is 0 Å². The van der Waals surface area contributed by atoms with E-state index in [1.807, 2.05) is 0 Å². The van der Waals surface area contributed by atoms with E-state index in [-0.39, 0.29) is 11.3 Å². The van der Waals surface area contributed by atoms with Crippen molar-refractivity contribution in [2.75, 3.05) is 0 Å². The van der Waals surface area contributed by atoms with Crippen molar-refractivity contribution >= 4 is 21.5 Å². The van der Waals surface area contributed by atoms with Gasteiger partial charge in [-0.25, -0.2) is 9.97 Å². The quantitative estimate of drug-likeness (QED) is 0.293. The molecule has 32 heavy (non-hydrogen) atoms. The topological polar surface area (TPSA) is 25.8 Å². The van der Waals surface area contributed by atoms with Crippen LogP contribution in [0.3, 0.4) is 0 Å². The minimum atomic E-state index is -0.175. The van der Waals surface area contributed by atoms with E-state index < -0.39 is 0 Å². The van der Waals surface area contributed by atoms with Gasteiger partial charge in [0.25, 0.3) is 0 Å². The summed E-state index contributed by atoms with van der Waals surface area (Å²) in [5.74, 6) is 1.16. The molecule has 5 aromatic rings. The summed E-state index contributed by atoms with van der Waals surface area (Å²) in [5.41, 5.74) is 6.97. The minimum absolute atomic E-state index is 0.175. The number of hydrogen-bond donors (Lipinski definition) is 0. The van der Waals surface area contributed by atoms with Crippen LogP contribution in [0.1, 0.15) is 50.6 Å². The van der Waals surface area contributed by atoms with Gasteiger partial charge in [-0.15, -0.1) is 0 Å². The van der Waals surface area contributed by atoms with Crippen molar-refractivity contribution in [1.82, 2.24) is 9.97 Å². The third-order valence-corrected chi connectivity index (χ3v) is 6.90. The zero-order chi connectivity index (χ0) is 22.0. The smallest absolute Gasteiger partial charge is 0.132 e. The maximum Gasteiger partial charge on any atom is 0.132 e. The lowest BCUT2D eigenvalue weighted by Gasteiger charge is -2.24. The van der Waals surface area contributed by atoms with Crippen LogP contribution in [0.15, 0.2) is 78.9 Å². The number of nitrogens with zero attached hydrogens (tertiary/aromatic N) is 2. The predicted octanol–water partition coefficient (Wildman–Crippen LogP) is 7.88. The summed E-state index contributed by atoms with van der Waals surface area (Å²) in [6, 6.07) is 28.5. The second-order valence-electron chi connectivity index (χ2n) is 9.74. The van der Waals surface area contributed by atoms with Gasteiger partial charge in [-0.2, -0.15) is 0 Å². The Bertz CT molecular complexity index is 1530. The Morgan fingerprint density at radius 3 is 1.94 bits per heavy atom. The molecule has 0 aliphatic heterocycles. The van der Waals surface area contributed by atoms with E-state index in [1.54, 1.807) is 0 Å². The van der Waals surface area contributed by atoms with E-state index >= 15 is 0 Å². The summed E-state index contributed by atoms with van der Waals surface area (Å²) < 4.78 is 0. The first-order valence-corrected chi connectivity index (χ1v) is 11.4. The zero-order valence-corrected chi connectivity index (χ0v) is 19.0. The highest BCUT2D eigenvalue weighted by atomic mass is 14.9. The highest BCUT2D eigenvalue weighted by Gasteiger charge is 2.40. The van der Waals surface area contributed by atoms with Crippen LogP contribution in [-0.2, 0) is 5.41 Å². The maximum absolute atomic E-state index is 5.16. The fraction of sp³-hybridized carbons (Fsp3) is 0.200. The second-order valence-corrected chi connectivity index (χ2v) is 9.74. The largest absolute Gasteiger partial charge is 0.232 e. The first-order chi connectivity index (χ1) is 15.4. The standard InChI is InChI=1S/C30H26N2/c1-18(2)29-31-27(23-14-13-19-9-5-6-10-20(19)15-23)26-28(32-29)24-16-21-11-7-8-12-22(21)17-25(24)30(26,3)4/h5-18H,1-4H3. The van der Waals surface area contributed by atoms with Crippen LogP contribution in [0.4, 0.5) is 0 Å². The molecule has 156 valence electrons. The first-order valence-electron chi connectivity index (χ1n) is 11.4. The predicted molar refractivity (Wildman–Crippen MR) is 134 cm³/mol. The average molecular weight is 415 g/mol. The van der Waals surface area contributed by atoms with Gasteiger partial charge in [0.1, 0.15) is 5.82 Å². The molecule has 0 saturated heterocycles. The highest BCUT2D eigenvalue weighted by Crippen LogP contribution is 2.52. The SMILES string of the molecule is CC(C)c1nc(-c2ccc3ccccc3c2)c2c(n1)-c1cc3ccccc3cc1C2(C)C. The molecule has 0 atom stereocenters. The van der Waals surface area contributed by atoms with Crippen LogP contribution in [0.2, 0.25) is 0 Å². The third kappa shape index (κ3) is 2.72. The lowest BCUT2D eigenvalue weighted by molar-refractivity contribution is 0.653. The number of aromatic nitrogens is 2. The third-order valence-electron chi connectivity index (χ3n) is 6.90.